The summed E-state index contributed by atoms with van der Waals surface area (Å²) in [4.78, 5) is 18.7. The summed E-state index contributed by atoms with van der Waals surface area (Å²) in [7, 11) is 1.76. The van der Waals surface area contributed by atoms with E-state index >= 15 is 0 Å². The topological polar surface area (TPSA) is 42.4 Å². The lowest BCUT2D eigenvalue weighted by atomic mass is 10.1. The maximum atomic E-state index is 12.8. The highest BCUT2D eigenvalue weighted by Crippen LogP contribution is 2.23. The first kappa shape index (κ1) is 16.7. The summed E-state index contributed by atoms with van der Waals surface area (Å²) < 4.78 is 5.65. The molecular weight excluding hydrogens is 312 g/mol. The minimum atomic E-state index is -0.0728. The number of amides is 1. The maximum absolute atomic E-state index is 12.8. The van der Waals surface area contributed by atoms with Crippen molar-refractivity contribution in [3.63, 3.8) is 0 Å². The Kier molecular flexibility index (Phi) is 5.09. The lowest BCUT2D eigenvalue weighted by Crippen LogP contribution is -2.26. The van der Waals surface area contributed by atoms with Crippen molar-refractivity contribution >= 4 is 22.5 Å². The first-order valence-electron chi connectivity index (χ1n) is 8.16. The first-order chi connectivity index (χ1) is 12.2. The second-order valence-electron chi connectivity index (χ2n) is 5.65. The number of fused-ring (bicyclic) bond motifs is 1. The van der Waals surface area contributed by atoms with Gasteiger partial charge in [0.1, 0.15) is 12.4 Å². The zero-order chi connectivity index (χ0) is 17.6. The molecule has 0 atom stereocenters. The number of carbonyl (C=O) groups excluding carboxylic acids is 1. The van der Waals surface area contributed by atoms with Crippen molar-refractivity contribution in [3.8, 4) is 5.75 Å². The lowest BCUT2D eigenvalue weighted by Gasteiger charge is -2.18. The molecule has 0 aliphatic rings. The molecule has 1 heterocycles. The molecule has 0 aliphatic carbocycles. The van der Waals surface area contributed by atoms with E-state index in [0.717, 1.165) is 22.3 Å². The van der Waals surface area contributed by atoms with Gasteiger partial charge in [-0.25, -0.2) is 0 Å². The molecule has 0 saturated heterocycles. The van der Waals surface area contributed by atoms with E-state index in [9.17, 15) is 4.79 Å². The van der Waals surface area contributed by atoms with Crippen molar-refractivity contribution in [2.45, 2.75) is 6.92 Å². The smallest absolute Gasteiger partial charge is 0.258 e. The zero-order valence-electron chi connectivity index (χ0n) is 14.3. The Morgan fingerprint density at radius 1 is 1.16 bits per heavy atom. The summed E-state index contributed by atoms with van der Waals surface area (Å²) in [6, 6.07) is 16.9. The van der Waals surface area contributed by atoms with Gasteiger partial charge in [-0.05, 0) is 43.3 Å². The molecule has 3 aromatic rings. The normalized spacial score (nSPS) is 11.0. The van der Waals surface area contributed by atoms with Gasteiger partial charge in [0.25, 0.3) is 5.91 Å². The van der Waals surface area contributed by atoms with Crippen LogP contribution in [0.5, 0.6) is 5.75 Å². The third-order valence-electron chi connectivity index (χ3n) is 3.94. The fourth-order valence-electron chi connectivity index (χ4n) is 2.54. The molecule has 0 fully saturated rings. The van der Waals surface area contributed by atoms with E-state index in [-0.39, 0.29) is 5.91 Å². The largest absolute Gasteiger partial charge is 0.489 e. The maximum Gasteiger partial charge on any atom is 0.258 e. The van der Waals surface area contributed by atoms with Crippen LogP contribution in [0.4, 0.5) is 5.69 Å². The zero-order valence-corrected chi connectivity index (χ0v) is 14.3. The molecule has 0 aliphatic heterocycles. The van der Waals surface area contributed by atoms with Crippen LogP contribution in [-0.4, -0.2) is 24.5 Å². The monoisotopic (exact) mass is 332 g/mol. The standard InChI is InChI=1S/C21H20N2O2/c1-3-4-13-25-19-9-5-8-18(15-19)23(2)21(24)17-10-11-20-16(14-17)7-6-12-22-20/h3-12,14-15H,13H2,1-2H3. The fraction of sp³-hybridized carbons (Fsp3) is 0.143. The highest BCUT2D eigenvalue weighted by atomic mass is 16.5. The second-order valence-corrected chi connectivity index (χ2v) is 5.65. The Bertz CT molecular complexity index is 918. The Morgan fingerprint density at radius 3 is 2.88 bits per heavy atom. The average Bonchev–Trinajstić information content (AvgIpc) is 2.67. The minimum absolute atomic E-state index is 0.0728. The molecule has 2 aromatic carbocycles. The van der Waals surface area contributed by atoms with Crippen LogP contribution in [0, 0.1) is 0 Å². The Labute approximate surface area is 147 Å². The van der Waals surface area contributed by atoms with E-state index in [4.69, 9.17) is 4.74 Å². The van der Waals surface area contributed by atoms with Crippen molar-refractivity contribution in [2.75, 3.05) is 18.6 Å². The number of aromatic nitrogens is 1. The van der Waals surface area contributed by atoms with Crippen LogP contribution in [0.2, 0.25) is 0 Å². The molecule has 1 amide bonds. The number of pyridine rings is 1. The quantitative estimate of drug-likeness (QED) is 0.648. The van der Waals surface area contributed by atoms with Gasteiger partial charge in [-0.2, -0.15) is 0 Å². The van der Waals surface area contributed by atoms with Crippen LogP contribution in [0.15, 0.2) is 72.9 Å². The van der Waals surface area contributed by atoms with E-state index in [1.54, 1.807) is 24.2 Å². The summed E-state index contributed by atoms with van der Waals surface area (Å²) in [6.07, 6.45) is 5.62. The summed E-state index contributed by atoms with van der Waals surface area (Å²) >= 11 is 0. The van der Waals surface area contributed by atoms with Crippen molar-refractivity contribution in [2.24, 2.45) is 0 Å². The molecule has 0 spiro atoms. The molecule has 1 aromatic heterocycles. The van der Waals surface area contributed by atoms with Gasteiger partial charge in [0.05, 0.1) is 5.52 Å². The first-order valence-corrected chi connectivity index (χ1v) is 8.16. The lowest BCUT2D eigenvalue weighted by molar-refractivity contribution is 0.0993. The SMILES string of the molecule is CC=CCOc1cccc(N(C)C(=O)c2ccc3ncccc3c2)c1. The Balaban J connectivity index is 1.82. The van der Waals surface area contributed by atoms with Gasteiger partial charge >= 0.3 is 0 Å². The summed E-state index contributed by atoms with van der Waals surface area (Å²) in [5.41, 5.74) is 2.29. The summed E-state index contributed by atoms with van der Waals surface area (Å²) in [5, 5.41) is 0.949. The molecule has 0 bridgehead atoms. The number of anilines is 1. The van der Waals surface area contributed by atoms with Crippen molar-refractivity contribution in [1.82, 2.24) is 4.98 Å². The number of allylic oxidation sites excluding steroid dienone is 1. The average molecular weight is 332 g/mol. The molecule has 0 saturated carbocycles. The van der Waals surface area contributed by atoms with Gasteiger partial charge < -0.3 is 9.64 Å². The number of nitrogens with zero attached hydrogens (tertiary/aromatic N) is 2. The van der Waals surface area contributed by atoms with Crippen LogP contribution in [-0.2, 0) is 0 Å². The van der Waals surface area contributed by atoms with Crippen molar-refractivity contribution < 1.29 is 9.53 Å². The van der Waals surface area contributed by atoms with E-state index in [1.165, 1.54) is 0 Å². The minimum Gasteiger partial charge on any atom is -0.489 e. The van der Waals surface area contributed by atoms with E-state index in [0.29, 0.717) is 12.2 Å². The van der Waals surface area contributed by atoms with Crippen molar-refractivity contribution in [1.29, 1.82) is 0 Å². The third kappa shape index (κ3) is 3.86. The van der Waals surface area contributed by atoms with Gasteiger partial charge in [-0.15, -0.1) is 0 Å². The molecule has 0 N–H and O–H groups in total. The van der Waals surface area contributed by atoms with E-state index < -0.39 is 0 Å². The highest BCUT2D eigenvalue weighted by molar-refractivity contribution is 6.07. The highest BCUT2D eigenvalue weighted by Gasteiger charge is 2.14. The van der Waals surface area contributed by atoms with Crippen LogP contribution in [0.3, 0.4) is 0 Å². The van der Waals surface area contributed by atoms with Crippen LogP contribution in [0.1, 0.15) is 17.3 Å². The number of hydrogen-bond acceptors (Lipinski definition) is 3. The number of carbonyl (C=O) groups is 1. The predicted octanol–water partition coefficient (Wildman–Crippen LogP) is 4.47. The second kappa shape index (κ2) is 7.62. The molecule has 0 unspecified atom stereocenters. The van der Waals surface area contributed by atoms with Gasteiger partial charge in [-0.3, -0.25) is 9.78 Å². The summed E-state index contributed by atoms with van der Waals surface area (Å²) in [6.45, 7) is 2.46. The number of rotatable bonds is 5. The Hall–Kier alpha value is -3.14. The predicted molar refractivity (Wildman–Crippen MR) is 101 cm³/mol. The van der Waals surface area contributed by atoms with Crippen LogP contribution >= 0.6 is 0 Å². The van der Waals surface area contributed by atoms with Gasteiger partial charge in [0, 0.05) is 35.9 Å². The fourth-order valence-corrected chi connectivity index (χ4v) is 2.54. The van der Waals surface area contributed by atoms with Crippen LogP contribution < -0.4 is 9.64 Å². The van der Waals surface area contributed by atoms with E-state index in [1.807, 2.05) is 67.6 Å². The van der Waals surface area contributed by atoms with Crippen LogP contribution in [0.25, 0.3) is 10.9 Å². The molecule has 4 heteroatoms. The molecule has 25 heavy (non-hydrogen) atoms. The molecule has 126 valence electrons. The van der Waals surface area contributed by atoms with Gasteiger partial charge in [0.2, 0.25) is 0 Å². The molecular formula is C21H20N2O2. The van der Waals surface area contributed by atoms with Gasteiger partial charge in [-0.1, -0.05) is 24.3 Å². The molecule has 4 nitrogen and oxygen atoms in total. The van der Waals surface area contributed by atoms with Crippen molar-refractivity contribution in [3.05, 3.63) is 78.5 Å². The number of ether oxygens (including phenoxy) is 1. The number of hydrogen-bond donors (Lipinski definition) is 0. The Morgan fingerprint density at radius 2 is 2.04 bits per heavy atom. The van der Waals surface area contributed by atoms with E-state index in [2.05, 4.69) is 4.98 Å². The molecule has 3 rings (SSSR count). The summed E-state index contributed by atoms with van der Waals surface area (Å²) in [5.74, 6) is 0.661. The molecule has 0 radical (unpaired) electrons. The third-order valence-corrected chi connectivity index (χ3v) is 3.94. The number of benzene rings is 2. The van der Waals surface area contributed by atoms with Gasteiger partial charge in [0.15, 0.2) is 0 Å².